The van der Waals surface area contributed by atoms with E-state index in [4.69, 9.17) is 4.74 Å². The zero-order valence-corrected chi connectivity index (χ0v) is 13.4. The number of rotatable bonds is 7. The minimum atomic E-state index is -0.800. The molecule has 2 rings (SSSR count). The van der Waals surface area contributed by atoms with Crippen LogP contribution < -0.4 is 0 Å². The fourth-order valence-electron chi connectivity index (χ4n) is 2.69. The lowest BCUT2D eigenvalue weighted by Gasteiger charge is -2.25. The molecule has 0 unspecified atom stereocenters. The fraction of sp³-hybridized carbons (Fsp3) is 0.444. The molecule has 1 heterocycles. The number of amides is 2. The third-order valence-corrected chi connectivity index (χ3v) is 4.15. The van der Waals surface area contributed by atoms with E-state index in [0.717, 1.165) is 10.5 Å². The number of nitrogens with zero attached hydrogens (tertiary/aromatic N) is 1. The molecule has 0 aliphatic carbocycles. The Hall–Kier alpha value is -2.14. The molecule has 124 valence electrons. The van der Waals surface area contributed by atoms with Gasteiger partial charge >= 0.3 is 6.09 Å². The van der Waals surface area contributed by atoms with Crippen LogP contribution in [-0.4, -0.2) is 40.8 Å². The average Bonchev–Trinajstić information content (AvgIpc) is 2.92. The van der Waals surface area contributed by atoms with Crippen LogP contribution in [0.5, 0.6) is 0 Å². The highest BCUT2D eigenvalue weighted by molar-refractivity contribution is 5.94. The van der Waals surface area contributed by atoms with Crippen molar-refractivity contribution in [1.82, 2.24) is 4.90 Å². The molecule has 1 aliphatic rings. The Kier molecular flexibility index (Phi) is 5.93. The molecule has 0 spiro atoms. The van der Waals surface area contributed by atoms with Crippen molar-refractivity contribution in [1.29, 1.82) is 0 Å². The number of benzene rings is 1. The van der Waals surface area contributed by atoms with Crippen molar-refractivity contribution >= 4 is 12.0 Å². The van der Waals surface area contributed by atoms with Gasteiger partial charge in [0, 0.05) is 0 Å². The van der Waals surface area contributed by atoms with Gasteiger partial charge in [0.1, 0.15) is 6.61 Å². The average molecular weight is 317 g/mol. The highest BCUT2D eigenvalue weighted by Gasteiger charge is 2.41. The molecule has 0 aromatic heterocycles. The Bertz CT molecular complexity index is 557. The van der Waals surface area contributed by atoms with E-state index < -0.39 is 18.1 Å². The lowest BCUT2D eigenvalue weighted by atomic mass is 9.97. The predicted octanol–water partition coefficient (Wildman–Crippen LogP) is 2.54. The maximum Gasteiger partial charge on any atom is 0.416 e. The van der Waals surface area contributed by atoms with Crippen LogP contribution in [0.4, 0.5) is 4.79 Å². The summed E-state index contributed by atoms with van der Waals surface area (Å²) >= 11 is 0. The minimum absolute atomic E-state index is 0.189. The first-order valence-corrected chi connectivity index (χ1v) is 7.87. The van der Waals surface area contributed by atoms with Gasteiger partial charge in [0.2, 0.25) is 5.91 Å². The first-order valence-electron chi connectivity index (χ1n) is 7.87. The molecule has 5 nitrogen and oxygen atoms in total. The zero-order chi connectivity index (χ0) is 16.8. The third-order valence-electron chi connectivity index (χ3n) is 4.15. The molecule has 5 heteroatoms. The van der Waals surface area contributed by atoms with Gasteiger partial charge in [-0.2, -0.15) is 0 Å². The molecule has 0 radical (unpaired) electrons. The van der Waals surface area contributed by atoms with Gasteiger partial charge in [0.05, 0.1) is 18.1 Å². The van der Waals surface area contributed by atoms with Crippen molar-refractivity contribution in [2.75, 3.05) is 6.61 Å². The Morgan fingerprint density at radius 3 is 2.83 bits per heavy atom. The number of allylic oxidation sites excluding steroid dienone is 1. The van der Waals surface area contributed by atoms with Gasteiger partial charge in [0.15, 0.2) is 0 Å². The molecule has 0 bridgehead atoms. The van der Waals surface area contributed by atoms with E-state index in [0.29, 0.717) is 19.3 Å². The second-order valence-corrected chi connectivity index (χ2v) is 5.85. The number of aliphatic hydroxyl groups excluding tert-OH is 1. The molecule has 2 amide bonds. The molecule has 1 aromatic carbocycles. The number of ether oxygens (including phenoxy) is 1. The second-order valence-electron chi connectivity index (χ2n) is 5.85. The monoisotopic (exact) mass is 317 g/mol. The van der Waals surface area contributed by atoms with Crippen molar-refractivity contribution in [3.8, 4) is 0 Å². The van der Waals surface area contributed by atoms with Crippen molar-refractivity contribution in [2.24, 2.45) is 5.92 Å². The lowest BCUT2D eigenvalue weighted by Crippen LogP contribution is -2.45. The third kappa shape index (κ3) is 4.20. The summed E-state index contributed by atoms with van der Waals surface area (Å²) < 4.78 is 5.05. The van der Waals surface area contributed by atoms with E-state index in [-0.39, 0.29) is 18.6 Å². The van der Waals surface area contributed by atoms with Crippen molar-refractivity contribution in [3.05, 3.63) is 48.6 Å². The molecule has 23 heavy (non-hydrogen) atoms. The number of cyclic esters (lactones) is 1. The molecular formula is C18H23NO4. The number of aliphatic hydroxyl groups is 1. The minimum Gasteiger partial charge on any atom is -0.447 e. The van der Waals surface area contributed by atoms with Crippen LogP contribution in [-0.2, 0) is 16.0 Å². The van der Waals surface area contributed by atoms with Gasteiger partial charge in [-0.3, -0.25) is 4.79 Å². The number of hydrogen-bond donors (Lipinski definition) is 1. The second kappa shape index (κ2) is 7.92. The lowest BCUT2D eigenvalue weighted by molar-refractivity contribution is -0.136. The summed E-state index contributed by atoms with van der Waals surface area (Å²) in [6, 6.07) is 9.33. The zero-order valence-electron chi connectivity index (χ0n) is 13.4. The first-order chi connectivity index (χ1) is 11.0. The van der Waals surface area contributed by atoms with Crippen molar-refractivity contribution < 1.29 is 19.4 Å². The number of carbonyl (C=O) groups is 2. The Balaban J connectivity index is 2.06. The van der Waals surface area contributed by atoms with Gasteiger partial charge in [0.25, 0.3) is 0 Å². The van der Waals surface area contributed by atoms with Crippen LogP contribution in [0.2, 0.25) is 0 Å². The number of hydrogen-bond acceptors (Lipinski definition) is 4. The fourth-order valence-corrected chi connectivity index (χ4v) is 2.69. The normalized spacial score (nSPS) is 20.0. The molecule has 1 aliphatic heterocycles. The maximum absolute atomic E-state index is 12.6. The summed E-state index contributed by atoms with van der Waals surface area (Å²) in [5.41, 5.74) is 1.04. The molecule has 1 saturated heterocycles. The van der Waals surface area contributed by atoms with Crippen LogP contribution in [0.25, 0.3) is 0 Å². The SMILES string of the molecule is C=CCC[C@@H](O)[C@H](C)C(=O)N1C(=O)OC[C@@H]1Cc1ccccc1. The van der Waals surface area contributed by atoms with Crippen LogP contribution in [0.1, 0.15) is 25.3 Å². The molecule has 3 atom stereocenters. The van der Waals surface area contributed by atoms with E-state index in [9.17, 15) is 14.7 Å². The number of carbonyl (C=O) groups excluding carboxylic acids is 2. The van der Waals surface area contributed by atoms with E-state index in [1.165, 1.54) is 0 Å². The molecular weight excluding hydrogens is 294 g/mol. The molecule has 1 aromatic rings. The highest BCUT2D eigenvalue weighted by Crippen LogP contribution is 2.22. The van der Waals surface area contributed by atoms with Crippen molar-refractivity contribution in [3.63, 3.8) is 0 Å². The van der Waals surface area contributed by atoms with Crippen LogP contribution in [0.3, 0.4) is 0 Å². The van der Waals surface area contributed by atoms with E-state index >= 15 is 0 Å². The predicted molar refractivity (Wildman–Crippen MR) is 86.7 cm³/mol. The summed E-state index contributed by atoms with van der Waals surface area (Å²) in [5.74, 6) is -1.04. The Labute approximate surface area is 136 Å². The highest BCUT2D eigenvalue weighted by atomic mass is 16.6. The summed E-state index contributed by atoms with van der Waals surface area (Å²) in [6.07, 6.45) is 1.89. The molecule has 1 N–H and O–H groups in total. The van der Waals surface area contributed by atoms with Crippen LogP contribution in [0, 0.1) is 5.92 Å². The Morgan fingerprint density at radius 2 is 2.17 bits per heavy atom. The summed E-state index contributed by atoms with van der Waals surface area (Å²) in [7, 11) is 0. The first kappa shape index (κ1) is 17.2. The topological polar surface area (TPSA) is 66.8 Å². The van der Waals surface area contributed by atoms with E-state index in [2.05, 4.69) is 6.58 Å². The van der Waals surface area contributed by atoms with Crippen LogP contribution in [0.15, 0.2) is 43.0 Å². The Morgan fingerprint density at radius 1 is 1.48 bits per heavy atom. The summed E-state index contributed by atoms with van der Waals surface area (Å²) in [5, 5.41) is 10.1. The summed E-state index contributed by atoms with van der Waals surface area (Å²) in [6.45, 7) is 5.43. The van der Waals surface area contributed by atoms with Gasteiger partial charge in [-0.15, -0.1) is 6.58 Å². The molecule has 1 fully saturated rings. The van der Waals surface area contributed by atoms with Gasteiger partial charge in [-0.05, 0) is 24.8 Å². The van der Waals surface area contributed by atoms with Gasteiger partial charge in [-0.25, -0.2) is 9.69 Å². The standard InChI is InChI=1S/C18H23NO4/c1-3-4-10-16(20)13(2)17(21)19-15(12-23-18(19)22)11-14-8-6-5-7-9-14/h3,5-9,13,15-16,20H,1,4,10-12H2,2H3/t13-,15-,16+/m0/s1. The van der Waals surface area contributed by atoms with Crippen molar-refractivity contribution in [2.45, 2.75) is 38.3 Å². The van der Waals surface area contributed by atoms with Gasteiger partial charge in [-0.1, -0.05) is 43.3 Å². The smallest absolute Gasteiger partial charge is 0.416 e. The molecule has 0 saturated carbocycles. The van der Waals surface area contributed by atoms with E-state index in [1.807, 2.05) is 30.3 Å². The van der Waals surface area contributed by atoms with Crippen LogP contribution >= 0.6 is 0 Å². The maximum atomic E-state index is 12.6. The van der Waals surface area contributed by atoms with Gasteiger partial charge < -0.3 is 9.84 Å². The number of imide groups is 1. The quantitative estimate of drug-likeness (QED) is 0.785. The summed E-state index contributed by atoms with van der Waals surface area (Å²) in [4.78, 5) is 25.7. The largest absolute Gasteiger partial charge is 0.447 e. The van der Waals surface area contributed by atoms with E-state index in [1.54, 1.807) is 13.0 Å².